The fraction of sp³-hybridized carbons (Fsp3) is 0.308. The van der Waals surface area contributed by atoms with E-state index in [4.69, 9.17) is 5.73 Å². The van der Waals surface area contributed by atoms with Gasteiger partial charge < -0.3 is 20.9 Å². The molecule has 1 aromatic heterocycles. The predicted molar refractivity (Wildman–Crippen MR) is 130 cm³/mol. The summed E-state index contributed by atoms with van der Waals surface area (Å²) in [5, 5.41) is 2.93. The Kier molecular flexibility index (Phi) is 5.31. The van der Waals surface area contributed by atoms with Gasteiger partial charge in [0.25, 0.3) is 5.91 Å². The third-order valence-corrected chi connectivity index (χ3v) is 6.62. The molecular weight excluding hydrogens is 398 g/mol. The number of likely N-dealkylation sites (N-methyl/N-ethyl adjacent to an activating group) is 1. The number of carbonyl (C=O) groups is 1. The summed E-state index contributed by atoms with van der Waals surface area (Å²) in [6, 6.07) is 14.9. The molecule has 5 rings (SSSR count). The van der Waals surface area contributed by atoms with Crippen LogP contribution < -0.4 is 16.0 Å². The number of hydrogen-bond acceptors (Lipinski definition) is 5. The number of amides is 1. The van der Waals surface area contributed by atoms with Gasteiger partial charge in [-0.2, -0.15) is 0 Å². The van der Waals surface area contributed by atoms with Gasteiger partial charge in [-0.3, -0.25) is 4.79 Å². The Labute approximate surface area is 189 Å². The van der Waals surface area contributed by atoms with Crippen molar-refractivity contribution in [2.24, 2.45) is 0 Å². The highest BCUT2D eigenvalue weighted by molar-refractivity contribution is 5.99. The van der Waals surface area contributed by atoms with Gasteiger partial charge in [0.05, 0.1) is 0 Å². The molecule has 0 radical (unpaired) electrons. The fourth-order valence-electron chi connectivity index (χ4n) is 4.73. The summed E-state index contributed by atoms with van der Waals surface area (Å²) >= 11 is 0. The molecule has 1 amide bonds. The molecule has 6 nitrogen and oxygen atoms in total. The highest BCUT2D eigenvalue weighted by atomic mass is 16.1. The van der Waals surface area contributed by atoms with Crippen molar-refractivity contribution in [1.82, 2.24) is 15.2 Å². The number of piperazine rings is 1. The van der Waals surface area contributed by atoms with Crippen molar-refractivity contribution in [1.29, 1.82) is 0 Å². The Morgan fingerprint density at radius 3 is 2.47 bits per heavy atom. The normalized spacial score (nSPS) is 16.6. The Bertz CT molecular complexity index is 1160. The van der Waals surface area contributed by atoms with E-state index in [9.17, 15) is 4.79 Å². The van der Waals surface area contributed by atoms with Gasteiger partial charge in [0.1, 0.15) is 5.82 Å². The fourth-order valence-corrected chi connectivity index (χ4v) is 4.73. The Hall–Kier alpha value is -3.38. The average molecular weight is 428 g/mol. The largest absolute Gasteiger partial charge is 0.383 e. The lowest BCUT2D eigenvalue weighted by molar-refractivity contribution is 0.0945. The van der Waals surface area contributed by atoms with E-state index in [0.717, 1.165) is 71.5 Å². The second-order valence-electron chi connectivity index (χ2n) is 8.83. The molecule has 6 heteroatoms. The van der Waals surface area contributed by atoms with Gasteiger partial charge in [-0.25, -0.2) is 4.98 Å². The Morgan fingerprint density at radius 1 is 0.969 bits per heavy atom. The van der Waals surface area contributed by atoms with Crippen LogP contribution in [-0.4, -0.2) is 55.6 Å². The molecule has 0 bridgehead atoms. The minimum atomic E-state index is 0.00980. The predicted octanol–water partition coefficient (Wildman–Crippen LogP) is 3.34. The van der Waals surface area contributed by atoms with E-state index in [1.165, 1.54) is 5.69 Å². The maximum atomic E-state index is 12.3. The molecule has 2 aromatic carbocycles. The van der Waals surface area contributed by atoms with Crippen molar-refractivity contribution in [3.05, 3.63) is 65.4 Å². The zero-order valence-corrected chi connectivity index (χ0v) is 18.7. The smallest absolute Gasteiger partial charge is 0.251 e. The zero-order valence-electron chi connectivity index (χ0n) is 18.7. The van der Waals surface area contributed by atoms with Gasteiger partial charge >= 0.3 is 0 Å². The standard InChI is InChI=1S/C26H29N5O/c1-17-13-20(14-19-7-8-28-26(32)24(17)19)23-15-21(16-29-25(23)27)18-3-5-22(6-4-18)31-11-9-30(2)10-12-31/h3-6,13-16H,7-12H2,1-2H3,(H2,27,29)(H,28,32). The molecule has 3 N–H and O–H groups in total. The monoisotopic (exact) mass is 427 g/mol. The van der Waals surface area contributed by atoms with Crippen molar-refractivity contribution < 1.29 is 4.79 Å². The number of nitrogens with one attached hydrogen (secondary N) is 1. The SMILES string of the molecule is Cc1cc(-c2cc(-c3ccc(N4CCN(C)CC4)cc3)cnc2N)cc2c1C(=O)NCC2. The van der Waals surface area contributed by atoms with Crippen molar-refractivity contribution in [2.45, 2.75) is 13.3 Å². The third-order valence-electron chi connectivity index (χ3n) is 6.62. The van der Waals surface area contributed by atoms with Gasteiger partial charge in [-0.1, -0.05) is 24.3 Å². The number of hydrogen-bond donors (Lipinski definition) is 2. The number of pyridine rings is 1. The van der Waals surface area contributed by atoms with Crippen LogP contribution in [0.25, 0.3) is 22.3 Å². The van der Waals surface area contributed by atoms with Crippen LogP contribution in [0.4, 0.5) is 11.5 Å². The highest BCUT2D eigenvalue weighted by Gasteiger charge is 2.21. The lowest BCUT2D eigenvalue weighted by atomic mass is 9.90. The van der Waals surface area contributed by atoms with E-state index < -0.39 is 0 Å². The summed E-state index contributed by atoms with van der Waals surface area (Å²) in [6.07, 6.45) is 2.67. The molecule has 1 saturated heterocycles. The van der Waals surface area contributed by atoms with Crippen LogP contribution in [0.1, 0.15) is 21.5 Å². The molecule has 2 aliphatic heterocycles. The van der Waals surface area contributed by atoms with E-state index in [1.807, 2.05) is 19.2 Å². The van der Waals surface area contributed by atoms with Crippen LogP contribution >= 0.6 is 0 Å². The van der Waals surface area contributed by atoms with Crippen molar-refractivity contribution >= 4 is 17.4 Å². The van der Waals surface area contributed by atoms with Crippen LogP contribution in [0, 0.1) is 6.92 Å². The number of nitrogens with two attached hydrogens (primary N) is 1. The van der Waals surface area contributed by atoms with Crippen LogP contribution in [-0.2, 0) is 6.42 Å². The first-order chi connectivity index (χ1) is 15.5. The summed E-state index contributed by atoms with van der Waals surface area (Å²) in [4.78, 5) is 21.6. The molecule has 1 fully saturated rings. The number of benzene rings is 2. The maximum Gasteiger partial charge on any atom is 0.251 e. The summed E-state index contributed by atoms with van der Waals surface area (Å²) in [7, 11) is 2.17. The molecule has 0 unspecified atom stereocenters. The highest BCUT2D eigenvalue weighted by Crippen LogP contribution is 2.33. The number of nitrogen functional groups attached to an aromatic ring is 1. The first kappa shape index (κ1) is 20.5. The first-order valence-electron chi connectivity index (χ1n) is 11.2. The summed E-state index contributed by atoms with van der Waals surface area (Å²) in [6.45, 7) is 6.95. The minimum absolute atomic E-state index is 0.00980. The number of fused-ring (bicyclic) bond motifs is 1. The lowest BCUT2D eigenvalue weighted by Crippen LogP contribution is -2.44. The third kappa shape index (κ3) is 3.82. The van der Waals surface area contributed by atoms with Crippen LogP contribution in [0.5, 0.6) is 0 Å². The van der Waals surface area contributed by atoms with Crippen LogP contribution in [0.2, 0.25) is 0 Å². The molecular formula is C26H29N5O. The summed E-state index contributed by atoms with van der Waals surface area (Å²) < 4.78 is 0. The van der Waals surface area contributed by atoms with Crippen LogP contribution in [0.15, 0.2) is 48.7 Å². The zero-order chi connectivity index (χ0) is 22.2. The van der Waals surface area contributed by atoms with E-state index in [2.05, 4.69) is 63.5 Å². The number of aromatic nitrogens is 1. The van der Waals surface area contributed by atoms with Gasteiger partial charge in [-0.15, -0.1) is 0 Å². The lowest BCUT2D eigenvalue weighted by Gasteiger charge is -2.34. The summed E-state index contributed by atoms with van der Waals surface area (Å²) in [5.41, 5.74) is 14.4. The molecule has 0 saturated carbocycles. The van der Waals surface area contributed by atoms with E-state index in [1.54, 1.807) is 0 Å². The summed E-state index contributed by atoms with van der Waals surface area (Å²) in [5.74, 6) is 0.512. The van der Waals surface area contributed by atoms with Crippen molar-refractivity contribution in [3.8, 4) is 22.3 Å². The van der Waals surface area contributed by atoms with Crippen LogP contribution in [0.3, 0.4) is 0 Å². The number of rotatable bonds is 3. The van der Waals surface area contributed by atoms with E-state index in [0.29, 0.717) is 12.4 Å². The molecule has 0 spiro atoms. The molecule has 32 heavy (non-hydrogen) atoms. The number of anilines is 2. The molecule has 0 aliphatic carbocycles. The van der Waals surface area contributed by atoms with Gasteiger partial charge in [0.15, 0.2) is 0 Å². The molecule has 164 valence electrons. The van der Waals surface area contributed by atoms with E-state index >= 15 is 0 Å². The van der Waals surface area contributed by atoms with Gasteiger partial charge in [-0.05, 0) is 60.8 Å². The number of aryl methyl sites for hydroxylation is 1. The van der Waals surface area contributed by atoms with E-state index in [-0.39, 0.29) is 5.91 Å². The average Bonchev–Trinajstić information content (AvgIpc) is 2.80. The van der Waals surface area contributed by atoms with Gasteiger partial charge in [0, 0.05) is 61.3 Å². The molecule has 3 heterocycles. The number of carbonyl (C=O) groups excluding carboxylic acids is 1. The van der Waals surface area contributed by atoms with Crippen molar-refractivity contribution in [2.75, 3.05) is 50.4 Å². The first-order valence-corrected chi connectivity index (χ1v) is 11.2. The Balaban J connectivity index is 1.46. The molecule has 2 aliphatic rings. The molecule has 3 aromatic rings. The second-order valence-corrected chi connectivity index (χ2v) is 8.83. The minimum Gasteiger partial charge on any atom is -0.383 e. The molecule has 0 atom stereocenters. The van der Waals surface area contributed by atoms with Crippen molar-refractivity contribution in [3.63, 3.8) is 0 Å². The van der Waals surface area contributed by atoms with Gasteiger partial charge in [0.2, 0.25) is 0 Å². The quantitative estimate of drug-likeness (QED) is 0.671. The number of nitrogens with zero attached hydrogens (tertiary/aromatic N) is 3. The second kappa shape index (κ2) is 8.28. The Morgan fingerprint density at radius 2 is 1.72 bits per heavy atom. The topological polar surface area (TPSA) is 74.5 Å². The maximum absolute atomic E-state index is 12.3.